The molecule has 0 saturated carbocycles. The molecule has 2 aromatic carbocycles. The lowest BCUT2D eigenvalue weighted by molar-refractivity contribution is 0.414. The zero-order valence-electron chi connectivity index (χ0n) is 11.6. The molecule has 0 aromatic heterocycles. The molecule has 1 N–H and O–H groups in total. The number of thioether (sulfide) groups is 1. The summed E-state index contributed by atoms with van der Waals surface area (Å²) in [5.41, 5.74) is 2.79. The standard InChI is InChI=1S/C17H19NOS/c1-19-15-8-6-13(7-9-15)11-18-12-16-10-14-4-2-3-5-17(14)20-16/h2-9,16,18H,10-12H2,1H3. The summed E-state index contributed by atoms with van der Waals surface area (Å²) in [5.74, 6) is 0.913. The van der Waals surface area contributed by atoms with Gasteiger partial charge < -0.3 is 10.1 Å². The maximum Gasteiger partial charge on any atom is 0.118 e. The molecule has 1 heterocycles. The van der Waals surface area contributed by atoms with Crippen LogP contribution in [0.25, 0.3) is 0 Å². The van der Waals surface area contributed by atoms with Crippen LogP contribution in [0, 0.1) is 0 Å². The van der Waals surface area contributed by atoms with Crippen LogP contribution in [0.1, 0.15) is 11.1 Å². The summed E-state index contributed by atoms with van der Waals surface area (Å²) in [4.78, 5) is 1.45. The quantitative estimate of drug-likeness (QED) is 0.908. The first-order valence-corrected chi connectivity index (χ1v) is 7.81. The van der Waals surface area contributed by atoms with Crippen LogP contribution >= 0.6 is 11.8 Å². The Morgan fingerprint density at radius 2 is 1.95 bits per heavy atom. The van der Waals surface area contributed by atoms with Crippen LogP contribution in [0.2, 0.25) is 0 Å². The molecule has 1 aliphatic heterocycles. The van der Waals surface area contributed by atoms with Crippen molar-refractivity contribution in [3.05, 3.63) is 59.7 Å². The van der Waals surface area contributed by atoms with Crippen molar-refractivity contribution < 1.29 is 4.74 Å². The van der Waals surface area contributed by atoms with E-state index in [2.05, 4.69) is 41.7 Å². The first-order chi connectivity index (χ1) is 9.85. The molecule has 1 aliphatic rings. The van der Waals surface area contributed by atoms with Gasteiger partial charge in [0, 0.05) is 23.2 Å². The first-order valence-electron chi connectivity index (χ1n) is 6.93. The first kappa shape index (κ1) is 13.5. The van der Waals surface area contributed by atoms with Crippen LogP contribution in [0.5, 0.6) is 5.75 Å². The van der Waals surface area contributed by atoms with Crippen molar-refractivity contribution in [2.75, 3.05) is 13.7 Å². The van der Waals surface area contributed by atoms with Gasteiger partial charge in [-0.3, -0.25) is 0 Å². The van der Waals surface area contributed by atoms with Gasteiger partial charge in [-0.15, -0.1) is 11.8 Å². The van der Waals surface area contributed by atoms with E-state index in [9.17, 15) is 0 Å². The van der Waals surface area contributed by atoms with Crippen molar-refractivity contribution in [1.82, 2.24) is 5.32 Å². The van der Waals surface area contributed by atoms with Gasteiger partial charge in [0.1, 0.15) is 5.75 Å². The maximum absolute atomic E-state index is 5.17. The highest BCUT2D eigenvalue weighted by Gasteiger charge is 2.20. The van der Waals surface area contributed by atoms with Crippen LogP contribution in [-0.2, 0) is 13.0 Å². The van der Waals surface area contributed by atoms with E-state index in [4.69, 9.17) is 4.74 Å². The van der Waals surface area contributed by atoms with Crippen molar-refractivity contribution in [2.45, 2.75) is 23.1 Å². The Morgan fingerprint density at radius 1 is 1.15 bits per heavy atom. The molecular weight excluding hydrogens is 266 g/mol. The number of rotatable bonds is 5. The third kappa shape index (κ3) is 3.17. The Labute approximate surface area is 124 Å². The van der Waals surface area contributed by atoms with E-state index in [-0.39, 0.29) is 0 Å². The summed E-state index contributed by atoms with van der Waals surface area (Å²) < 4.78 is 5.17. The molecule has 20 heavy (non-hydrogen) atoms. The van der Waals surface area contributed by atoms with E-state index in [1.807, 2.05) is 23.9 Å². The van der Waals surface area contributed by atoms with Crippen LogP contribution in [-0.4, -0.2) is 18.9 Å². The fourth-order valence-corrected chi connectivity index (χ4v) is 3.77. The molecule has 104 valence electrons. The monoisotopic (exact) mass is 285 g/mol. The van der Waals surface area contributed by atoms with Gasteiger partial charge in [-0.25, -0.2) is 0 Å². The van der Waals surface area contributed by atoms with Crippen molar-refractivity contribution in [3.8, 4) is 5.75 Å². The average Bonchev–Trinajstić information content (AvgIpc) is 2.90. The molecule has 0 fully saturated rings. The molecule has 1 atom stereocenters. The number of hydrogen-bond donors (Lipinski definition) is 1. The van der Waals surface area contributed by atoms with Gasteiger partial charge in [0.05, 0.1) is 7.11 Å². The molecule has 0 radical (unpaired) electrons. The number of benzene rings is 2. The number of hydrogen-bond acceptors (Lipinski definition) is 3. The van der Waals surface area contributed by atoms with E-state index < -0.39 is 0 Å². The number of nitrogens with one attached hydrogen (secondary N) is 1. The summed E-state index contributed by atoms with van der Waals surface area (Å²) in [6, 6.07) is 17.0. The lowest BCUT2D eigenvalue weighted by Crippen LogP contribution is -2.23. The van der Waals surface area contributed by atoms with Gasteiger partial charge in [0.2, 0.25) is 0 Å². The minimum Gasteiger partial charge on any atom is -0.497 e. The predicted molar refractivity (Wildman–Crippen MR) is 84.5 cm³/mol. The zero-order chi connectivity index (χ0) is 13.8. The van der Waals surface area contributed by atoms with Gasteiger partial charge in [-0.05, 0) is 35.7 Å². The third-order valence-corrected chi connectivity index (χ3v) is 4.89. The van der Waals surface area contributed by atoms with Crippen molar-refractivity contribution in [1.29, 1.82) is 0 Å². The number of fused-ring (bicyclic) bond motifs is 1. The Hall–Kier alpha value is -1.45. The summed E-state index contributed by atoms with van der Waals surface area (Å²) in [7, 11) is 1.70. The largest absolute Gasteiger partial charge is 0.497 e. The molecule has 0 aliphatic carbocycles. The summed E-state index contributed by atoms with van der Waals surface area (Å²) in [6.45, 7) is 1.96. The summed E-state index contributed by atoms with van der Waals surface area (Å²) >= 11 is 1.99. The Bertz CT molecular complexity index is 542. The minimum absolute atomic E-state index is 0.658. The fraction of sp³-hybridized carbons (Fsp3) is 0.294. The van der Waals surface area contributed by atoms with Gasteiger partial charge >= 0.3 is 0 Å². The highest BCUT2D eigenvalue weighted by Crippen LogP contribution is 2.36. The van der Waals surface area contributed by atoms with E-state index in [1.165, 1.54) is 22.4 Å². The molecule has 2 nitrogen and oxygen atoms in total. The van der Waals surface area contributed by atoms with E-state index in [0.717, 1.165) is 18.8 Å². The fourth-order valence-electron chi connectivity index (χ4n) is 2.49. The Morgan fingerprint density at radius 3 is 2.70 bits per heavy atom. The van der Waals surface area contributed by atoms with Gasteiger partial charge in [-0.2, -0.15) is 0 Å². The summed E-state index contributed by atoms with van der Waals surface area (Å²) in [5, 5.41) is 4.21. The van der Waals surface area contributed by atoms with Gasteiger partial charge in [0.25, 0.3) is 0 Å². The van der Waals surface area contributed by atoms with Crippen LogP contribution in [0.15, 0.2) is 53.4 Å². The number of methoxy groups -OCH3 is 1. The van der Waals surface area contributed by atoms with Crippen LogP contribution < -0.4 is 10.1 Å². The molecule has 1 unspecified atom stereocenters. The maximum atomic E-state index is 5.17. The molecular formula is C17H19NOS. The van der Waals surface area contributed by atoms with Crippen molar-refractivity contribution in [2.24, 2.45) is 0 Å². The molecule has 0 bridgehead atoms. The van der Waals surface area contributed by atoms with Crippen molar-refractivity contribution in [3.63, 3.8) is 0 Å². The second kappa shape index (κ2) is 6.33. The van der Waals surface area contributed by atoms with E-state index in [1.54, 1.807) is 7.11 Å². The minimum atomic E-state index is 0.658. The number of ether oxygens (including phenoxy) is 1. The lowest BCUT2D eigenvalue weighted by Gasteiger charge is -2.10. The predicted octanol–water partition coefficient (Wildman–Crippen LogP) is 3.50. The lowest BCUT2D eigenvalue weighted by atomic mass is 10.1. The molecule has 0 saturated heterocycles. The van der Waals surface area contributed by atoms with Crippen LogP contribution in [0.3, 0.4) is 0 Å². The molecule has 3 heteroatoms. The SMILES string of the molecule is COc1ccc(CNCC2Cc3ccccc3S2)cc1. The van der Waals surface area contributed by atoms with Crippen molar-refractivity contribution >= 4 is 11.8 Å². The summed E-state index contributed by atoms with van der Waals surface area (Å²) in [6.07, 6.45) is 1.18. The van der Waals surface area contributed by atoms with Crippen LogP contribution in [0.4, 0.5) is 0 Å². The normalized spacial score (nSPS) is 16.9. The van der Waals surface area contributed by atoms with Gasteiger partial charge in [-0.1, -0.05) is 30.3 Å². The molecule has 3 rings (SSSR count). The Kier molecular flexibility index (Phi) is 4.28. The average molecular weight is 285 g/mol. The second-order valence-electron chi connectivity index (χ2n) is 5.03. The van der Waals surface area contributed by atoms with E-state index in [0.29, 0.717) is 5.25 Å². The zero-order valence-corrected chi connectivity index (χ0v) is 12.5. The molecule has 2 aromatic rings. The smallest absolute Gasteiger partial charge is 0.118 e. The van der Waals surface area contributed by atoms with E-state index >= 15 is 0 Å². The third-order valence-electron chi connectivity index (χ3n) is 3.57. The highest BCUT2D eigenvalue weighted by atomic mass is 32.2. The Balaban J connectivity index is 1.47. The molecule has 0 spiro atoms. The second-order valence-corrected chi connectivity index (χ2v) is 6.37. The topological polar surface area (TPSA) is 21.3 Å². The molecule has 0 amide bonds. The highest BCUT2D eigenvalue weighted by molar-refractivity contribution is 8.00. The van der Waals surface area contributed by atoms with Gasteiger partial charge in [0.15, 0.2) is 0 Å².